The number of carbonyl (C=O) groups is 2. The molecule has 144 valence electrons. The topological polar surface area (TPSA) is 109 Å². The number of benzene rings is 2. The molecule has 0 radical (unpaired) electrons. The van der Waals surface area contributed by atoms with Crippen LogP contribution in [0.15, 0.2) is 46.4 Å². The Kier molecular flexibility index (Phi) is 7.44. The number of ether oxygens (including phenoxy) is 2. The van der Waals surface area contributed by atoms with Crippen molar-refractivity contribution in [2.24, 2.45) is 0 Å². The van der Waals surface area contributed by atoms with Gasteiger partial charge in [-0.1, -0.05) is 11.6 Å². The number of carboxylic acids is 1. The Balaban J connectivity index is 2.28. The van der Waals surface area contributed by atoms with Crippen molar-refractivity contribution in [1.82, 2.24) is 0 Å². The molecule has 2 aromatic carbocycles. The fourth-order valence-corrected chi connectivity index (χ4v) is 2.84. The van der Waals surface area contributed by atoms with Crippen molar-refractivity contribution in [2.45, 2.75) is 0 Å². The highest BCUT2D eigenvalue weighted by Crippen LogP contribution is 2.37. The molecule has 0 saturated heterocycles. The maximum atomic E-state index is 12.3. The number of methoxy groups -OCH3 is 1. The van der Waals surface area contributed by atoms with E-state index in [0.717, 1.165) is 0 Å². The maximum absolute atomic E-state index is 12.3. The molecule has 0 unspecified atom stereocenters. The Morgan fingerprint density at radius 2 is 2.00 bits per heavy atom. The van der Waals surface area contributed by atoms with E-state index in [2.05, 4.69) is 21.2 Å². The smallest absolute Gasteiger partial charge is 0.341 e. The number of nitrogens with zero attached hydrogens (tertiary/aromatic N) is 1. The van der Waals surface area contributed by atoms with Crippen molar-refractivity contribution in [3.63, 3.8) is 0 Å². The second-order valence-electron chi connectivity index (χ2n) is 5.35. The molecular weight excluding hydrogens is 452 g/mol. The molecule has 2 rings (SSSR count). The van der Waals surface area contributed by atoms with E-state index in [1.165, 1.54) is 19.3 Å². The Morgan fingerprint density at radius 1 is 1.32 bits per heavy atom. The molecule has 7 nitrogen and oxygen atoms in total. The number of carboxylic acid groups (broad SMARTS) is 1. The van der Waals surface area contributed by atoms with Crippen LogP contribution in [-0.2, 0) is 9.59 Å². The Labute approximate surface area is 174 Å². The lowest BCUT2D eigenvalue weighted by Gasteiger charge is -2.12. The molecular formula is C19H14BrClN2O5. The van der Waals surface area contributed by atoms with Crippen molar-refractivity contribution < 1.29 is 24.2 Å². The van der Waals surface area contributed by atoms with Crippen LogP contribution < -0.4 is 14.8 Å². The van der Waals surface area contributed by atoms with E-state index in [4.69, 9.17) is 26.2 Å². The van der Waals surface area contributed by atoms with Crippen molar-refractivity contribution in [3.05, 3.63) is 57.0 Å². The molecule has 0 aliphatic rings. The van der Waals surface area contributed by atoms with Gasteiger partial charge >= 0.3 is 5.97 Å². The van der Waals surface area contributed by atoms with Gasteiger partial charge in [0.2, 0.25) is 0 Å². The lowest BCUT2D eigenvalue weighted by Crippen LogP contribution is -2.13. The molecule has 0 heterocycles. The van der Waals surface area contributed by atoms with Crippen LogP contribution in [-0.4, -0.2) is 30.7 Å². The highest BCUT2D eigenvalue weighted by molar-refractivity contribution is 9.10. The summed E-state index contributed by atoms with van der Waals surface area (Å²) >= 11 is 9.08. The van der Waals surface area contributed by atoms with Crippen molar-refractivity contribution in [1.29, 1.82) is 5.26 Å². The number of aliphatic carboxylic acids is 1. The molecule has 0 atom stereocenters. The second-order valence-corrected chi connectivity index (χ2v) is 6.64. The number of anilines is 1. The standard InChI is InChI=1S/C19H14BrClN2O5/c1-27-16-8-11(7-15(20)18(16)28-10-17(24)25)6-12(9-22)19(26)23-14-4-2-13(21)3-5-14/h2-8H,10H2,1H3,(H,23,26)(H,24,25)/b12-6+. The molecule has 9 heteroatoms. The zero-order valence-electron chi connectivity index (χ0n) is 14.5. The van der Waals surface area contributed by atoms with Crippen molar-refractivity contribution >= 4 is 51.2 Å². The predicted octanol–water partition coefficient (Wildman–Crippen LogP) is 4.12. The van der Waals surface area contributed by atoms with Crippen molar-refractivity contribution in [2.75, 3.05) is 19.0 Å². The van der Waals surface area contributed by atoms with Crippen LogP contribution in [0.5, 0.6) is 11.5 Å². The summed E-state index contributed by atoms with van der Waals surface area (Å²) in [4.78, 5) is 23.0. The first kappa shape index (κ1) is 21.3. The van der Waals surface area contributed by atoms with Gasteiger partial charge in [-0.2, -0.15) is 5.26 Å². The molecule has 0 aliphatic heterocycles. The molecule has 0 bridgehead atoms. The third-order valence-corrected chi connectivity index (χ3v) is 4.21. The third-order valence-electron chi connectivity index (χ3n) is 3.37. The average molecular weight is 466 g/mol. The van der Waals surface area contributed by atoms with Gasteiger partial charge in [0.1, 0.15) is 11.6 Å². The molecule has 0 aliphatic carbocycles. The van der Waals surface area contributed by atoms with Gasteiger partial charge in [-0.15, -0.1) is 0 Å². The van der Waals surface area contributed by atoms with E-state index in [1.807, 2.05) is 6.07 Å². The first-order chi connectivity index (χ1) is 13.3. The lowest BCUT2D eigenvalue weighted by atomic mass is 10.1. The van der Waals surface area contributed by atoms with Crippen molar-refractivity contribution in [3.8, 4) is 17.6 Å². The number of hydrogen-bond donors (Lipinski definition) is 2. The van der Waals surface area contributed by atoms with Gasteiger partial charge in [-0.3, -0.25) is 4.79 Å². The molecule has 2 aromatic rings. The summed E-state index contributed by atoms with van der Waals surface area (Å²) in [5.74, 6) is -1.28. The van der Waals surface area contributed by atoms with Gasteiger partial charge in [-0.05, 0) is 64.0 Å². The van der Waals surface area contributed by atoms with E-state index in [9.17, 15) is 14.9 Å². The zero-order valence-corrected chi connectivity index (χ0v) is 16.9. The maximum Gasteiger partial charge on any atom is 0.341 e. The molecule has 28 heavy (non-hydrogen) atoms. The zero-order chi connectivity index (χ0) is 20.7. The number of carbonyl (C=O) groups excluding carboxylic acids is 1. The fraction of sp³-hybridized carbons (Fsp3) is 0.105. The van der Waals surface area contributed by atoms with Gasteiger partial charge < -0.3 is 19.9 Å². The summed E-state index contributed by atoms with van der Waals surface area (Å²) in [6.07, 6.45) is 1.37. The quantitative estimate of drug-likeness (QED) is 0.470. The van der Waals surface area contributed by atoms with Crippen LogP contribution >= 0.6 is 27.5 Å². The summed E-state index contributed by atoms with van der Waals surface area (Å²) in [7, 11) is 1.39. The average Bonchev–Trinajstić information content (AvgIpc) is 2.66. The van der Waals surface area contributed by atoms with E-state index in [1.54, 1.807) is 30.3 Å². The first-order valence-corrected chi connectivity index (χ1v) is 8.92. The van der Waals surface area contributed by atoms with Gasteiger partial charge in [0.25, 0.3) is 5.91 Å². The number of amides is 1. The molecule has 0 aromatic heterocycles. The van der Waals surface area contributed by atoms with E-state index in [-0.39, 0.29) is 17.1 Å². The van der Waals surface area contributed by atoms with Gasteiger partial charge in [0.15, 0.2) is 18.1 Å². The first-order valence-electron chi connectivity index (χ1n) is 7.75. The van der Waals surface area contributed by atoms with E-state index in [0.29, 0.717) is 20.7 Å². The van der Waals surface area contributed by atoms with Crippen LogP contribution in [0.1, 0.15) is 5.56 Å². The largest absolute Gasteiger partial charge is 0.493 e. The summed E-state index contributed by atoms with van der Waals surface area (Å²) in [6, 6.07) is 11.4. The number of halogens is 2. The van der Waals surface area contributed by atoms with Crippen LogP contribution in [0, 0.1) is 11.3 Å². The Morgan fingerprint density at radius 3 is 2.57 bits per heavy atom. The Hall–Kier alpha value is -3.02. The SMILES string of the molecule is COc1cc(/C=C(\C#N)C(=O)Nc2ccc(Cl)cc2)cc(Br)c1OCC(=O)O. The Bertz CT molecular complexity index is 968. The van der Waals surface area contributed by atoms with E-state index < -0.39 is 18.5 Å². The summed E-state index contributed by atoms with van der Waals surface area (Å²) in [5, 5.41) is 21.2. The minimum Gasteiger partial charge on any atom is -0.493 e. The van der Waals surface area contributed by atoms with E-state index >= 15 is 0 Å². The lowest BCUT2D eigenvalue weighted by molar-refractivity contribution is -0.139. The predicted molar refractivity (Wildman–Crippen MR) is 107 cm³/mol. The molecule has 2 N–H and O–H groups in total. The van der Waals surface area contributed by atoms with Crippen LogP contribution in [0.4, 0.5) is 5.69 Å². The second kappa shape index (κ2) is 9.78. The number of rotatable bonds is 7. The normalized spacial score (nSPS) is 10.7. The minimum absolute atomic E-state index is 0.136. The fourth-order valence-electron chi connectivity index (χ4n) is 2.14. The highest BCUT2D eigenvalue weighted by Gasteiger charge is 2.15. The van der Waals surface area contributed by atoms with Gasteiger partial charge in [0, 0.05) is 10.7 Å². The summed E-state index contributed by atoms with van der Waals surface area (Å²) in [5.41, 5.74) is 0.837. The molecule has 0 spiro atoms. The summed E-state index contributed by atoms with van der Waals surface area (Å²) < 4.78 is 10.8. The highest BCUT2D eigenvalue weighted by atomic mass is 79.9. The molecule has 0 fully saturated rings. The summed E-state index contributed by atoms with van der Waals surface area (Å²) in [6.45, 7) is -0.545. The van der Waals surface area contributed by atoms with Crippen LogP contribution in [0.3, 0.4) is 0 Å². The van der Waals surface area contributed by atoms with Crippen LogP contribution in [0.25, 0.3) is 6.08 Å². The van der Waals surface area contributed by atoms with Gasteiger partial charge in [-0.25, -0.2) is 4.79 Å². The monoisotopic (exact) mass is 464 g/mol. The molecule has 1 amide bonds. The number of nitriles is 1. The molecule has 0 saturated carbocycles. The van der Waals surface area contributed by atoms with Gasteiger partial charge in [0.05, 0.1) is 11.6 Å². The number of hydrogen-bond acceptors (Lipinski definition) is 5. The van der Waals surface area contributed by atoms with Crippen LogP contribution in [0.2, 0.25) is 5.02 Å². The minimum atomic E-state index is -1.14. The number of nitrogens with one attached hydrogen (secondary N) is 1. The third kappa shape index (κ3) is 5.74.